The number of hydrogen-bond donors (Lipinski definition) is 1. The summed E-state index contributed by atoms with van der Waals surface area (Å²) < 4.78 is 0. The fourth-order valence-electron chi connectivity index (χ4n) is 4.29. The molecule has 0 spiro atoms. The maximum Gasteiger partial charge on any atom is 0.229 e. The van der Waals surface area contributed by atoms with Gasteiger partial charge in [0, 0.05) is 44.1 Å². The van der Waals surface area contributed by atoms with Crippen molar-refractivity contribution >= 4 is 39.9 Å². The van der Waals surface area contributed by atoms with Gasteiger partial charge in [-0.15, -0.1) is 10.2 Å². The minimum absolute atomic E-state index is 0.0130. The molecule has 3 heterocycles. The summed E-state index contributed by atoms with van der Waals surface area (Å²) in [6.07, 6.45) is 3.31. The Labute approximate surface area is 192 Å². The Hall–Kier alpha value is -2.81. The van der Waals surface area contributed by atoms with Crippen molar-refractivity contribution in [2.45, 2.75) is 46.0 Å². The normalized spacial score (nSPS) is 19.4. The zero-order valence-corrected chi connectivity index (χ0v) is 19.4. The van der Waals surface area contributed by atoms with Crippen molar-refractivity contribution in [3.63, 3.8) is 0 Å². The number of rotatable bonds is 6. The molecule has 1 aromatic carbocycles. The number of nitrogens with zero attached hydrogens (tertiary/aromatic N) is 4. The molecule has 0 saturated carbocycles. The van der Waals surface area contributed by atoms with Crippen LogP contribution >= 0.6 is 11.3 Å². The van der Waals surface area contributed by atoms with Crippen molar-refractivity contribution in [2.24, 2.45) is 11.8 Å². The molecule has 170 valence electrons. The van der Waals surface area contributed by atoms with Gasteiger partial charge < -0.3 is 15.1 Å². The Kier molecular flexibility index (Phi) is 6.83. The van der Waals surface area contributed by atoms with Gasteiger partial charge in [-0.25, -0.2) is 0 Å². The van der Waals surface area contributed by atoms with Gasteiger partial charge in [0.1, 0.15) is 5.01 Å². The molecule has 9 heteroatoms. The van der Waals surface area contributed by atoms with Gasteiger partial charge >= 0.3 is 0 Å². The van der Waals surface area contributed by atoms with Crippen molar-refractivity contribution < 1.29 is 14.4 Å². The van der Waals surface area contributed by atoms with Crippen LogP contribution in [0.2, 0.25) is 0 Å². The van der Waals surface area contributed by atoms with E-state index in [9.17, 15) is 14.4 Å². The lowest BCUT2D eigenvalue weighted by Crippen LogP contribution is -2.44. The van der Waals surface area contributed by atoms with Crippen molar-refractivity contribution in [2.75, 3.05) is 29.9 Å². The molecule has 4 rings (SSSR count). The minimum atomic E-state index is -0.326. The molecule has 2 fully saturated rings. The van der Waals surface area contributed by atoms with E-state index in [4.69, 9.17) is 0 Å². The van der Waals surface area contributed by atoms with Gasteiger partial charge in [0.05, 0.1) is 5.92 Å². The summed E-state index contributed by atoms with van der Waals surface area (Å²) in [5.41, 5.74) is 1.97. The van der Waals surface area contributed by atoms with Crippen LogP contribution in [0.15, 0.2) is 24.3 Å². The van der Waals surface area contributed by atoms with Gasteiger partial charge in [0.25, 0.3) is 0 Å². The molecule has 2 aromatic rings. The zero-order chi connectivity index (χ0) is 22.7. The number of piperidine rings is 1. The third-order valence-electron chi connectivity index (χ3n) is 6.16. The molecule has 32 heavy (non-hydrogen) atoms. The van der Waals surface area contributed by atoms with Gasteiger partial charge in [-0.05, 0) is 38.3 Å². The molecule has 2 aliphatic heterocycles. The molecule has 1 atom stereocenters. The predicted molar refractivity (Wildman–Crippen MR) is 123 cm³/mol. The van der Waals surface area contributed by atoms with E-state index in [1.165, 1.54) is 11.3 Å². The summed E-state index contributed by atoms with van der Waals surface area (Å²) in [5.74, 6) is -0.529. The van der Waals surface area contributed by atoms with Gasteiger partial charge in [0.2, 0.25) is 22.9 Å². The van der Waals surface area contributed by atoms with E-state index in [0.29, 0.717) is 37.6 Å². The molecule has 0 aliphatic carbocycles. The van der Waals surface area contributed by atoms with Crippen LogP contribution in [0.25, 0.3) is 0 Å². The highest BCUT2D eigenvalue weighted by molar-refractivity contribution is 7.15. The zero-order valence-electron chi connectivity index (χ0n) is 18.5. The Morgan fingerprint density at radius 3 is 2.53 bits per heavy atom. The van der Waals surface area contributed by atoms with E-state index < -0.39 is 0 Å². The summed E-state index contributed by atoms with van der Waals surface area (Å²) in [6.45, 7) is 5.56. The lowest BCUT2D eigenvalue weighted by atomic mass is 9.94. The standard InChI is InChI=1S/C23H29N5O3S/c1-3-4-19-25-26-23(32-19)24-21(30)16-9-11-27(12-10-16)22(31)17-13-20(29)28(14-17)18-7-5-15(2)6-8-18/h5-8,16-17H,3-4,9-14H2,1-2H3,(H,24,26,30)/t17-/m0/s1. The fourth-order valence-corrected chi connectivity index (χ4v) is 5.14. The third-order valence-corrected chi connectivity index (χ3v) is 7.06. The summed E-state index contributed by atoms with van der Waals surface area (Å²) in [4.78, 5) is 41.7. The average Bonchev–Trinajstić information content (AvgIpc) is 3.40. The highest BCUT2D eigenvalue weighted by Crippen LogP contribution is 2.28. The number of carbonyl (C=O) groups is 3. The number of nitrogens with one attached hydrogen (secondary N) is 1. The van der Waals surface area contributed by atoms with E-state index in [-0.39, 0.29) is 36.0 Å². The van der Waals surface area contributed by atoms with Crippen molar-refractivity contribution in [3.8, 4) is 0 Å². The molecule has 1 N–H and O–H groups in total. The van der Waals surface area contributed by atoms with Crippen LogP contribution in [-0.2, 0) is 20.8 Å². The molecule has 2 saturated heterocycles. The smallest absolute Gasteiger partial charge is 0.229 e. The van der Waals surface area contributed by atoms with Crippen LogP contribution < -0.4 is 10.2 Å². The van der Waals surface area contributed by atoms with E-state index >= 15 is 0 Å². The second-order valence-electron chi connectivity index (χ2n) is 8.58. The number of carbonyl (C=O) groups excluding carboxylic acids is 3. The molecule has 1 aromatic heterocycles. The first-order valence-corrected chi connectivity index (χ1v) is 12.0. The second-order valence-corrected chi connectivity index (χ2v) is 9.64. The Morgan fingerprint density at radius 2 is 1.84 bits per heavy atom. The Morgan fingerprint density at radius 1 is 1.12 bits per heavy atom. The largest absolute Gasteiger partial charge is 0.342 e. The van der Waals surface area contributed by atoms with Crippen molar-refractivity contribution in [1.29, 1.82) is 0 Å². The quantitative estimate of drug-likeness (QED) is 0.722. The summed E-state index contributed by atoms with van der Waals surface area (Å²) in [5, 5.41) is 12.5. The Balaban J connectivity index is 1.28. The molecule has 8 nitrogen and oxygen atoms in total. The lowest BCUT2D eigenvalue weighted by molar-refractivity contribution is -0.138. The minimum Gasteiger partial charge on any atom is -0.342 e. The van der Waals surface area contributed by atoms with Crippen LogP contribution in [0.1, 0.15) is 43.2 Å². The van der Waals surface area contributed by atoms with E-state index in [0.717, 1.165) is 29.1 Å². The maximum atomic E-state index is 13.0. The first-order chi connectivity index (χ1) is 15.4. The summed E-state index contributed by atoms with van der Waals surface area (Å²) >= 11 is 1.42. The van der Waals surface area contributed by atoms with Crippen molar-refractivity contribution in [1.82, 2.24) is 15.1 Å². The van der Waals surface area contributed by atoms with Gasteiger partial charge in [-0.2, -0.15) is 0 Å². The predicted octanol–water partition coefficient (Wildman–Crippen LogP) is 3.03. The monoisotopic (exact) mass is 455 g/mol. The van der Waals surface area contributed by atoms with Gasteiger partial charge in [0.15, 0.2) is 0 Å². The molecule has 3 amide bonds. The maximum absolute atomic E-state index is 13.0. The summed E-state index contributed by atoms with van der Waals surface area (Å²) in [6, 6.07) is 7.79. The molecule has 0 bridgehead atoms. The molecule has 0 radical (unpaired) electrons. The molecular weight excluding hydrogens is 426 g/mol. The number of benzene rings is 1. The first kappa shape index (κ1) is 22.4. The topological polar surface area (TPSA) is 95.5 Å². The number of amides is 3. The fraction of sp³-hybridized carbons (Fsp3) is 0.522. The second kappa shape index (κ2) is 9.77. The van der Waals surface area contributed by atoms with E-state index in [1.807, 2.05) is 36.1 Å². The van der Waals surface area contributed by atoms with Crippen LogP contribution in [0.5, 0.6) is 0 Å². The molecular formula is C23H29N5O3S. The van der Waals surface area contributed by atoms with Crippen LogP contribution in [0.3, 0.4) is 0 Å². The van der Waals surface area contributed by atoms with Crippen LogP contribution in [0.4, 0.5) is 10.8 Å². The first-order valence-electron chi connectivity index (χ1n) is 11.2. The van der Waals surface area contributed by atoms with Gasteiger partial charge in [-0.3, -0.25) is 14.4 Å². The van der Waals surface area contributed by atoms with Crippen LogP contribution in [-0.4, -0.2) is 52.5 Å². The number of anilines is 2. The third kappa shape index (κ3) is 4.98. The number of likely N-dealkylation sites (tertiary alicyclic amines) is 1. The van der Waals surface area contributed by atoms with Gasteiger partial charge in [-0.1, -0.05) is 36.0 Å². The van der Waals surface area contributed by atoms with Crippen molar-refractivity contribution in [3.05, 3.63) is 34.8 Å². The average molecular weight is 456 g/mol. The van der Waals surface area contributed by atoms with E-state index in [2.05, 4.69) is 22.4 Å². The summed E-state index contributed by atoms with van der Waals surface area (Å²) in [7, 11) is 0. The lowest BCUT2D eigenvalue weighted by Gasteiger charge is -2.32. The highest BCUT2D eigenvalue weighted by atomic mass is 32.1. The van der Waals surface area contributed by atoms with E-state index in [1.54, 1.807) is 4.90 Å². The SMILES string of the molecule is CCCc1nnc(NC(=O)C2CCN(C(=O)[C@H]3CC(=O)N(c4ccc(C)cc4)C3)CC2)s1. The number of aromatic nitrogens is 2. The Bertz CT molecular complexity index is 982. The number of hydrogen-bond acceptors (Lipinski definition) is 6. The highest BCUT2D eigenvalue weighted by Gasteiger charge is 2.38. The number of aryl methyl sites for hydroxylation is 2. The molecule has 0 unspecified atom stereocenters. The van der Waals surface area contributed by atoms with Crippen LogP contribution in [0, 0.1) is 18.8 Å². The molecule has 2 aliphatic rings.